The lowest BCUT2D eigenvalue weighted by atomic mass is 9.48. The zero-order valence-electron chi connectivity index (χ0n) is 15.8. The van der Waals surface area contributed by atoms with E-state index >= 15 is 0 Å². The van der Waals surface area contributed by atoms with Gasteiger partial charge in [-0.15, -0.1) is 0 Å². The lowest BCUT2D eigenvalue weighted by Crippen LogP contribution is -2.50. The smallest absolute Gasteiger partial charge is 0.393 e. The van der Waals surface area contributed by atoms with Gasteiger partial charge in [-0.25, -0.2) is 0 Å². The highest BCUT2D eigenvalue weighted by atomic mass is 32.3. The fourth-order valence-electron chi connectivity index (χ4n) is 6.43. The number of carbonyl (C=O) groups excluding carboxylic acids is 1. The number of allylic oxidation sites excluding steroid dienone is 1. The number of fused-ring (bicyclic) bond motifs is 5. The van der Waals surface area contributed by atoms with Gasteiger partial charge in [-0.3, -0.25) is 13.9 Å². The van der Waals surface area contributed by atoms with E-state index in [9.17, 15) is 15.0 Å². The van der Waals surface area contributed by atoms with Crippen LogP contribution in [0.5, 0.6) is 0 Å². The van der Waals surface area contributed by atoms with Crippen LogP contribution in [0.2, 0.25) is 0 Å². The van der Waals surface area contributed by atoms with E-state index in [0.29, 0.717) is 24.2 Å². The van der Waals surface area contributed by atoms with Gasteiger partial charge >= 0.3 is 10.4 Å². The number of aliphatic hydroxyl groups is 2. The molecule has 0 radical (unpaired) electrons. The Balaban J connectivity index is 0.000000376. The van der Waals surface area contributed by atoms with E-state index < -0.39 is 16.5 Å². The molecule has 0 bridgehead atoms. The molecule has 0 aromatic heterocycles. The highest BCUT2D eigenvalue weighted by Gasteiger charge is 2.60. The third-order valence-corrected chi connectivity index (χ3v) is 7.81. The number of Topliss-reactive ketones (excluding diaryl/α,β-unsaturated/α-hetero) is 1. The Morgan fingerprint density at radius 1 is 1.04 bits per heavy atom. The number of aliphatic hydroxyl groups excluding tert-OH is 2. The molecule has 3 saturated carbocycles. The molecule has 0 aromatic carbocycles. The number of hydrogen-bond acceptors (Lipinski definition) is 5. The standard InChI is InChI=1S/C19H28O3.H2O4S/c1-18-7-5-12(20)9-11(18)3-4-13-14(18)6-8-19(2)15(13)10-16(21)17(19)22;1-5(2,3)4/h3,12-16,20-21H,4-10H2,1-2H3;(H2,1,2,3,4)/t12-,13+,14-,15-,16?,18-,19-;/m0./s1. The zero-order chi connectivity index (χ0) is 20.2. The molecule has 154 valence electrons. The van der Waals surface area contributed by atoms with Crippen LogP contribution in [-0.2, 0) is 15.2 Å². The van der Waals surface area contributed by atoms with E-state index in [1.165, 1.54) is 5.57 Å². The molecule has 0 aliphatic heterocycles. The molecule has 0 saturated heterocycles. The normalized spacial score (nSPS) is 46.4. The number of hydrogen-bond donors (Lipinski definition) is 4. The van der Waals surface area contributed by atoms with Crippen LogP contribution in [-0.4, -0.2) is 45.7 Å². The molecule has 0 heterocycles. The third kappa shape index (κ3) is 3.74. The summed E-state index contributed by atoms with van der Waals surface area (Å²) in [6.07, 6.45) is 8.00. The van der Waals surface area contributed by atoms with Gasteiger partial charge in [0.15, 0.2) is 5.78 Å². The molecule has 4 aliphatic rings. The Kier molecular flexibility index (Phi) is 5.36. The van der Waals surface area contributed by atoms with Crippen molar-refractivity contribution in [3.05, 3.63) is 11.6 Å². The maximum Gasteiger partial charge on any atom is 0.394 e. The van der Waals surface area contributed by atoms with Crippen LogP contribution < -0.4 is 0 Å². The van der Waals surface area contributed by atoms with Gasteiger partial charge in [0, 0.05) is 5.41 Å². The monoisotopic (exact) mass is 402 g/mol. The Bertz CT molecular complexity index is 737. The largest absolute Gasteiger partial charge is 0.394 e. The molecular formula is C19H30O7S. The van der Waals surface area contributed by atoms with Crippen molar-refractivity contribution in [2.75, 3.05) is 0 Å². The third-order valence-electron chi connectivity index (χ3n) is 7.81. The van der Waals surface area contributed by atoms with Crippen molar-refractivity contribution in [3.8, 4) is 0 Å². The average Bonchev–Trinajstić information content (AvgIpc) is 2.78. The Morgan fingerprint density at radius 2 is 1.63 bits per heavy atom. The minimum atomic E-state index is -4.67. The molecule has 7 atom stereocenters. The fraction of sp³-hybridized carbons (Fsp3) is 0.842. The summed E-state index contributed by atoms with van der Waals surface area (Å²) in [7, 11) is -4.67. The van der Waals surface area contributed by atoms with Gasteiger partial charge < -0.3 is 10.2 Å². The Labute approximate surface area is 160 Å². The molecule has 0 aromatic rings. The SMILES string of the molecule is C[C@]12CC[C@H](O)CC1=CC[C@@H]1[C@@H]2CC[C@]2(C)C(=O)C(O)C[C@@H]12.O=S(=O)(O)O. The van der Waals surface area contributed by atoms with Crippen LogP contribution in [0.15, 0.2) is 11.6 Å². The van der Waals surface area contributed by atoms with E-state index in [1.54, 1.807) is 0 Å². The van der Waals surface area contributed by atoms with Crippen LogP contribution >= 0.6 is 0 Å². The first kappa shape index (κ1) is 20.9. The van der Waals surface area contributed by atoms with Gasteiger partial charge in [0.25, 0.3) is 0 Å². The van der Waals surface area contributed by atoms with Crippen molar-refractivity contribution in [1.82, 2.24) is 0 Å². The minimum absolute atomic E-state index is 0.0925. The summed E-state index contributed by atoms with van der Waals surface area (Å²) < 4.78 is 31.6. The van der Waals surface area contributed by atoms with Gasteiger partial charge in [-0.2, -0.15) is 8.42 Å². The van der Waals surface area contributed by atoms with Crippen molar-refractivity contribution in [2.45, 2.75) is 71.0 Å². The van der Waals surface area contributed by atoms with Crippen LogP contribution in [0, 0.1) is 28.6 Å². The van der Waals surface area contributed by atoms with Crippen molar-refractivity contribution >= 4 is 16.2 Å². The highest BCUT2D eigenvalue weighted by Crippen LogP contribution is 2.63. The van der Waals surface area contributed by atoms with E-state index in [-0.39, 0.29) is 22.7 Å². The van der Waals surface area contributed by atoms with Crippen LogP contribution in [0.1, 0.15) is 58.8 Å². The summed E-state index contributed by atoms with van der Waals surface area (Å²) in [4.78, 5) is 12.4. The van der Waals surface area contributed by atoms with E-state index in [4.69, 9.17) is 17.5 Å². The maximum absolute atomic E-state index is 12.4. The summed E-state index contributed by atoms with van der Waals surface area (Å²) in [6, 6.07) is 0. The van der Waals surface area contributed by atoms with Crippen molar-refractivity contribution in [3.63, 3.8) is 0 Å². The van der Waals surface area contributed by atoms with Gasteiger partial charge in [-0.05, 0) is 68.1 Å². The van der Waals surface area contributed by atoms with E-state index in [2.05, 4.69) is 19.9 Å². The second kappa shape index (κ2) is 6.91. The second-order valence-electron chi connectivity index (χ2n) is 9.18. The van der Waals surface area contributed by atoms with Crippen molar-refractivity contribution < 1.29 is 32.5 Å². The summed E-state index contributed by atoms with van der Waals surface area (Å²) in [5.41, 5.74) is 1.37. The predicted octanol–water partition coefficient (Wildman–Crippen LogP) is 2.20. The molecule has 8 heteroatoms. The maximum atomic E-state index is 12.4. The molecule has 4 N–H and O–H groups in total. The predicted molar refractivity (Wildman–Crippen MR) is 98.3 cm³/mol. The Morgan fingerprint density at radius 3 is 2.26 bits per heavy atom. The minimum Gasteiger partial charge on any atom is -0.393 e. The summed E-state index contributed by atoms with van der Waals surface area (Å²) in [6.45, 7) is 4.48. The van der Waals surface area contributed by atoms with Crippen molar-refractivity contribution in [2.24, 2.45) is 28.6 Å². The highest BCUT2D eigenvalue weighted by molar-refractivity contribution is 7.79. The van der Waals surface area contributed by atoms with Crippen molar-refractivity contribution in [1.29, 1.82) is 0 Å². The van der Waals surface area contributed by atoms with Gasteiger partial charge in [0.1, 0.15) is 6.10 Å². The average molecular weight is 403 g/mol. The molecule has 4 aliphatic carbocycles. The Hall–Kier alpha value is -0.800. The molecular weight excluding hydrogens is 372 g/mol. The molecule has 27 heavy (non-hydrogen) atoms. The molecule has 7 nitrogen and oxygen atoms in total. The molecule has 0 spiro atoms. The molecule has 0 amide bonds. The first-order valence-corrected chi connectivity index (χ1v) is 11.1. The van der Waals surface area contributed by atoms with E-state index in [1.807, 2.05) is 0 Å². The van der Waals surface area contributed by atoms with Gasteiger partial charge in [0.2, 0.25) is 0 Å². The molecule has 3 fully saturated rings. The fourth-order valence-corrected chi connectivity index (χ4v) is 6.43. The van der Waals surface area contributed by atoms with Gasteiger partial charge in [-0.1, -0.05) is 25.5 Å². The number of carbonyl (C=O) groups is 1. The molecule has 1 unspecified atom stereocenters. The first-order valence-electron chi connectivity index (χ1n) is 9.66. The molecule has 4 rings (SSSR count). The lowest BCUT2D eigenvalue weighted by Gasteiger charge is -2.56. The van der Waals surface area contributed by atoms with Gasteiger partial charge in [0.05, 0.1) is 6.10 Å². The quantitative estimate of drug-likeness (QED) is 0.361. The number of rotatable bonds is 0. The van der Waals surface area contributed by atoms with E-state index in [0.717, 1.165) is 38.5 Å². The number of ketones is 1. The zero-order valence-corrected chi connectivity index (χ0v) is 16.7. The first-order chi connectivity index (χ1) is 12.4. The lowest BCUT2D eigenvalue weighted by molar-refractivity contribution is -0.136. The van der Waals surface area contributed by atoms with Crippen LogP contribution in [0.4, 0.5) is 0 Å². The van der Waals surface area contributed by atoms with Crippen LogP contribution in [0.25, 0.3) is 0 Å². The second-order valence-corrected chi connectivity index (χ2v) is 10.1. The summed E-state index contributed by atoms with van der Waals surface area (Å²) >= 11 is 0. The summed E-state index contributed by atoms with van der Waals surface area (Å²) in [5.74, 6) is 1.59. The summed E-state index contributed by atoms with van der Waals surface area (Å²) in [5, 5.41) is 20.1. The topological polar surface area (TPSA) is 132 Å². The van der Waals surface area contributed by atoms with Crippen LogP contribution in [0.3, 0.4) is 0 Å².